The molecule has 0 bridgehead atoms. The first kappa shape index (κ1) is 31.6. The molecule has 5 rings (SSSR count). The van der Waals surface area contributed by atoms with E-state index in [1.54, 1.807) is 0 Å². The maximum atomic E-state index is 6.45. The van der Waals surface area contributed by atoms with Crippen molar-refractivity contribution in [3.8, 4) is 0 Å². The number of allylic oxidation sites excluding steroid dienone is 7. The molecule has 2 aliphatic rings. The van der Waals surface area contributed by atoms with Gasteiger partial charge in [0, 0.05) is 29.7 Å². The third kappa shape index (κ3) is 9.02. The molecule has 0 saturated carbocycles. The van der Waals surface area contributed by atoms with Gasteiger partial charge in [-0.3, -0.25) is 5.32 Å². The lowest BCUT2D eigenvalue weighted by Gasteiger charge is -2.29. The fourth-order valence-corrected chi connectivity index (χ4v) is 4.72. The number of nitrogens with one attached hydrogen (secondary N) is 1. The molecule has 0 saturated heterocycles. The van der Waals surface area contributed by atoms with E-state index in [1.165, 1.54) is 22.4 Å². The number of rotatable bonds is 6. The largest absolute Gasteiger partial charge is 0.324 e. The lowest BCUT2D eigenvalue weighted by molar-refractivity contribution is 0.479. The first-order valence-corrected chi connectivity index (χ1v) is 14.6. The zero-order chi connectivity index (χ0) is 29.6. The Morgan fingerprint density at radius 2 is 1.37 bits per heavy atom. The summed E-state index contributed by atoms with van der Waals surface area (Å²) in [5.41, 5.74) is 20.2. The first-order valence-electron chi connectivity index (χ1n) is 14.6. The predicted molar refractivity (Wildman–Crippen MR) is 177 cm³/mol. The van der Waals surface area contributed by atoms with Crippen LogP contribution < -0.4 is 21.7 Å². The molecular formula is C37H46N4. The summed E-state index contributed by atoms with van der Waals surface area (Å²) in [4.78, 5) is 2.23. The third-order valence-electron chi connectivity index (χ3n) is 7.02. The van der Waals surface area contributed by atoms with E-state index in [1.807, 2.05) is 57.2 Å². The quantitative estimate of drug-likeness (QED) is 0.270. The van der Waals surface area contributed by atoms with Crippen LogP contribution in [0.5, 0.6) is 0 Å². The number of nitrogens with zero attached hydrogens (tertiary/aromatic N) is 1. The Hall–Kier alpha value is -3.96. The summed E-state index contributed by atoms with van der Waals surface area (Å²) in [6.45, 7) is 12.4. The fraction of sp³-hybridized carbons (Fsp3) is 0.243. The molecule has 1 aliphatic heterocycles. The standard InChI is InChI=1S/C27H29N3.C8H11N.C2H6/c1-20-10-8-9-19-30(26-14-7-6-13-25(20)26)24-17-15-23(16-18-24)27(28)29-21(2)22-11-4-3-5-12-22;1-7(9)8-5-3-2-4-6-8;1-2/h3-5,7-12,14-19,21,27,29H,1,6,13,28H2,2H3;2-7H,9H2,1H3;1-2H3/b10-8-,19-9-;;. The highest BCUT2D eigenvalue weighted by Gasteiger charge is 2.18. The highest BCUT2D eigenvalue weighted by Crippen LogP contribution is 2.33. The Balaban J connectivity index is 0.000000355. The van der Waals surface area contributed by atoms with E-state index in [0.29, 0.717) is 0 Å². The second-order valence-electron chi connectivity index (χ2n) is 9.97. The molecule has 41 heavy (non-hydrogen) atoms. The van der Waals surface area contributed by atoms with Crippen LogP contribution in [0.1, 0.15) is 75.5 Å². The summed E-state index contributed by atoms with van der Waals surface area (Å²) in [6, 6.07) is 29.2. The SMILES string of the molecule is C=C1/C=C\C=C/N(c2ccc(C(N)NC(C)c3ccccc3)cc2)C2=C1CCC=C2.CC.CC(N)c1ccccc1. The Bertz CT molecular complexity index is 1330. The minimum atomic E-state index is -0.232. The normalized spacial score (nSPS) is 17.8. The lowest BCUT2D eigenvalue weighted by atomic mass is 9.94. The molecule has 0 amide bonds. The molecule has 1 aliphatic carbocycles. The molecule has 0 radical (unpaired) electrons. The van der Waals surface area contributed by atoms with Gasteiger partial charge in [0.2, 0.25) is 0 Å². The Kier molecular flexibility index (Phi) is 12.6. The number of hydrogen-bond acceptors (Lipinski definition) is 4. The average Bonchev–Trinajstić information content (AvgIpc) is 3.02. The van der Waals surface area contributed by atoms with Gasteiger partial charge in [0.05, 0.1) is 6.17 Å². The van der Waals surface area contributed by atoms with Crippen LogP contribution in [0.3, 0.4) is 0 Å². The number of nitrogens with two attached hydrogens (primary N) is 2. The van der Waals surface area contributed by atoms with E-state index in [2.05, 4.69) is 109 Å². The molecular weight excluding hydrogens is 500 g/mol. The summed E-state index contributed by atoms with van der Waals surface area (Å²) in [7, 11) is 0. The van der Waals surface area contributed by atoms with E-state index in [9.17, 15) is 0 Å². The molecule has 3 unspecified atom stereocenters. The van der Waals surface area contributed by atoms with Crippen LogP contribution in [-0.4, -0.2) is 0 Å². The van der Waals surface area contributed by atoms with Gasteiger partial charge in [-0.1, -0.05) is 111 Å². The predicted octanol–water partition coefficient (Wildman–Crippen LogP) is 8.78. The van der Waals surface area contributed by atoms with Gasteiger partial charge in [-0.2, -0.15) is 0 Å². The van der Waals surface area contributed by atoms with Crippen molar-refractivity contribution in [3.63, 3.8) is 0 Å². The van der Waals surface area contributed by atoms with Crippen LogP contribution in [0, 0.1) is 0 Å². The minimum Gasteiger partial charge on any atom is -0.324 e. The van der Waals surface area contributed by atoms with Crippen molar-refractivity contribution in [2.24, 2.45) is 11.5 Å². The second-order valence-corrected chi connectivity index (χ2v) is 9.97. The molecule has 3 aromatic carbocycles. The van der Waals surface area contributed by atoms with Gasteiger partial charge < -0.3 is 16.4 Å². The monoisotopic (exact) mass is 546 g/mol. The third-order valence-corrected chi connectivity index (χ3v) is 7.02. The van der Waals surface area contributed by atoms with Gasteiger partial charge in [0.1, 0.15) is 0 Å². The zero-order valence-corrected chi connectivity index (χ0v) is 25.0. The van der Waals surface area contributed by atoms with Crippen LogP contribution in [-0.2, 0) is 0 Å². The topological polar surface area (TPSA) is 67.3 Å². The molecule has 4 nitrogen and oxygen atoms in total. The van der Waals surface area contributed by atoms with Crippen LogP contribution in [0.4, 0.5) is 5.69 Å². The van der Waals surface area contributed by atoms with Crippen molar-refractivity contribution in [1.82, 2.24) is 5.32 Å². The van der Waals surface area contributed by atoms with Crippen molar-refractivity contribution in [2.45, 2.75) is 58.8 Å². The van der Waals surface area contributed by atoms with Gasteiger partial charge in [-0.05, 0) is 78.8 Å². The Morgan fingerprint density at radius 3 is 1.95 bits per heavy atom. The summed E-state index contributed by atoms with van der Waals surface area (Å²) in [5, 5.41) is 3.49. The van der Waals surface area contributed by atoms with Gasteiger partial charge in [0.25, 0.3) is 0 Å². The van der Waals surface area contributed by atoms with Crippen LogP contribution in [0.15, 0.2) is 145 Å². The van der Waals surface area contributed by atoms with Gasteiger partial charge in [-0.15, -0.1) is 0 Å². The second kappa shape index (κ2) is 16.3. The zero-order valence-electron chi connectivity index (χ0n) is 25.0. The number of benzene rings is 3. The van der Waals surface area contributed by atoms with Crippen LogP contribution >= 0.6 is 0 Å². The summed E-state index contributed by atoms with van der Waals surface area (Å²) in [5.74, 6) is 0. The van der Waals surface area contributed by atoms with Gasteiger partial charge in [-0.25, -0.2) is 0 Å². The first-order chi connectivity index (χ1) is 19.9. The molecule has 0 fully saturated rings. The molecule has 3 atom stereocenters. The van der Waals surface area contributed by atoms with Gasteiger partial charge in [0.15, 0.2) is 0 Å². The highest BCUT2D eigenvalue weighted by molar-refractivity contribution is 5.64. The lowest BCUT2D eigenvalue weighted by Crippen LogP contribution is -2.31. The summed E-state index contributed by atoms with van der Waals surface area (Å²) >= 11 is 0. The van der Waals surface area contributed by atoms with Gasteiger partial charge >= 0.3 is 0 Å². The van der Waals surface area contributed by atoms with E-state index >= 15 is 0 Å². The molecule has 3 aromatic rings. The van der Waals surface area contributed by atoms with Crippen molar-refractivity contribution < 1.29 is 0 Å². The average molecular weight is 547 g/mol. The van der Waals surface area contributed by atoms with Crippen molar-refractivity contribution >= 4 is 5.69 Å². The number of hydrogen-bond donors (Lipinski definition) is 3. The van der Waals surface area contributed by atoms with E-state index in [-0.39, 0.29) is 18.2 Å². The highest BCUT2D eigenvalue weighted by atomic mass is 15.1. The Morgan fingerprint density at radius 1 is 0.756 bits per heavy atom. The van der Waals surface area contributed by atoms with Crippen molar-refractivity contribution in [2.75, 3.05) is 4.90 Å². The molecule has 0 aromatic heterocycles. The van der Waals surface area contributed by atoms with Crippen LogP contribution in [0.25, 0.3) is 0 Å². The minimum absolute atomic E-state index is 0.159. The van der Waals surface area contributed by atoms with Crippen LogP contribution in [0.2, 0.25) is 0 Å². The maximum absolute atomic E-state index is 6.45. The smallest absolute Gasteiger partial charge is 0.0814 e. The van der Waals surface area contributed by atoms with E-state index < -0.39 is 0 Å². The molecule has 5 N–H and O–H groups in total. The number of anilines is 1. The fourth-order valence-electron chi connectivity index (χ4n) is 4.72. The molecule has 214 valence electrons. The summed E-state index contributed by atoms with van der Waals surface area (Å²) in [6.07, 6.45) is 14.6. The van der Waals surface area contributed by atoms with Crippen molar-refractivity contribution in [1.29, 1.82) is 0 Å². The summed E-state index contributed by atoms with van der Waals surface area (Å²) < 4.78 is 0. The molecule has 0 spiro atoms. The van der Waals surface area contributed by atoms with E-state index in [4.69, 9.17) is 11.5 Å². The molecule has 4 heteroatoms. The molecule has 1 heterocycles. The Labute approximate surface area is 247 Å². The van der Waals surface area contributed by atoms with Crippen molar-refractivity contribution in [3.05, 3.63) is 162 Å². The van der Waals surface area contributed by atoms with E-state index in [0.717, 1.165) is 29.7 Å². The maximum Gasteiger partial charge on any atom is 0.0814 e.